The summed E-state index contributed by atoms with van der Waals surface area (Å²) in [6.07, 6.45) is 0. The lowest BCUT2D eigenvalue weighted by Gasteiger charge is -1.98. The third-order valence-corrected chi connectivity index (χ3v) is 3.01. The first-order valence-corrected chi connectivity index (χ1v) is 4.42. The average molecular weight is 161 g/mol. The smallest absolute Gasteiger partial charge is 0.0529 e. The van der Waals surface area contributed by atoms with Crippen molar-refractivity contribution in [2.45, 2.75) is 25.4 Å². The van der Waals surface area contributed by atoms with Crippen LogP contribution in [0.2, 0.25) is 0 Å². The van der Waals surface area contributed by atoms with Gasteiger partial charge in [-0.15, -0.1) is 0 Å². The summed E-state index contributed by atoms with van der Waals surface area (Å²) in [4.78, 5) is 2.39. The normalized spacial score (nSPS) is 31.6. The molecule has 1 heterocycles. The fourth-order valence-electron chi connectivity index (χ4n) is 1.94. The minimum absolute atomic E-state index is 0.362. The predicted octanol–water partition coefficient (Wildman–Crippen LogP) is 2.45. The van der Waals surface area contributed by atoms with Gasteiger partial charge in [0, 0.05) is 5.54 Å². The lowest BCUT2D eigenvalue weighted by Crippen LogP contribution is -2.02. The van der Waals surface area contributed by atoms with Gasteiger partial charge in [-0.25, -0.2) is 0 Å². The van der Waals surface area contributed by atoms with E-state index in [9.17, 15) is 0 Å². The highest BCUT2D eigenvalue weighted by atomic mass is 15.4. The Morgan fingerprint density at radius 1 is 1.17 bits per heavy atom. The van der Waals surface area contributed by atoms with E-state index in [0.29, 0.717) is 11.6 Å². The van der Waals surface area contributed by atoms with Crippen molar-refractivity contribution < 1.29 is 0 Å². The zero-order chi connectivity index (χ0) is 8.77. The van der Waals surface area contributed by atoms with Gasteiger partial charge >= 0.3 is 0 Å². The largest absolute Gasteiger partial charge is 0.290 e. The van der Waals surface area contributed by atoms with Crippen molar-refractivity contribution in [2.75, 3.05) is 7.05 Å². The van der Waals surface area contributed by atoms with E-state index in [-0.39, 0.29) is 0 Å². The molecule has 0 N–H and O–H groups in total. The van der Waals surface area contributed by atoms with Crippen LogP contribution in [0.3, 0.4) is 0 Å². The zero-order valence-electron chi connectivity index (χ0n) is 7.91. The highest BCUT2D eigenvalue weighted by Crippen LogP contribution is 2.50. The lowest BCUT2D eigenvalue weighted by molar-refractivity contribution is 0.523. The number of likely N-dealkylation sites (N-methyl/N-ethyl adjacent to an activating group) is 1. The summed E-state index contributed by atoms with van der Waals surface area (Å²) in [6, 6.07) is 11.3. The lowest BCUT2D eigenvalue weighted by atomic mass is 10.0. The highest BCUT2D eigenvalue weighted by Gasteiger charge is 2.53. The van der Waals surface area contributed by atoms with Crippen LogP contribution in [0.15, 0.2) is 30.3 Å². The maximum atomic E-state index is 2.39. The molecule has 1 saturated heterocycles. The minimum atomic E-state index is 0.362. The molecule has 1 heteroatoms. The molecule has 0 amide bonds. The summed E-state index contributed by atoms with van der Waals surface area (Å²) in [5.41, 5.74) is 1.80. The summed E-state index contributed by atoms with van der Waals surface area (Å²) in [5.74, 6) is 0. The van der Waals surface area contributed by atoms with E-state index in [0.717, 1.165) is 0 Å². The van der Waals surface area contributed by atoms with E-state index in [1.54, 1.807) is 0 Å². The molecule has 1 unspecified atom stereocenters. The molecule has 0 aliphatic carbocycles. The predicted molar refractivity (Wildman–Crippen MR) is 51.0 cm³/mol. The molecule has 0 saturated carbocycles. The monoisotopic (exact) mass is 161 g/mol. The van der Waals surface area contributed by atoms with Crippen molar-refractivity contribution in [3.05, 3.63) is 35.9 Å². The van der Waals surface area contributed by atoms with Crippen LogP contribution in [0, 0.1) is 0 Å². The second-order valence-corrected chi connectivity index (χ2v) is 4.08. The van der Waals surface area contributed by atoms with Crippen molar-refractivity contribution in [1.29, 1.82) is 0 Å². The Labute approximate surface area is 74.0 Å². The number of hydrogen-bond acceptors (Lipinski definition) is 1. The Hall–Kier alpha value is -0.820. The molecule has 1 aromatic carbocycles. The van der Waals surface area contributed by atoms with E-state index < -0.39 is 0 Å². The Morgan fingerprint density at radius 2 is 1.67 bits per heavy atom. The molecule has 1 aromatic rings. The molecule has 2 rings (SSSR count). The van der Waals surface area contributed by atoms with Crippen LogP contribution in [0.25, 0.3) is 0 Å². The first-order valence-electron chi connectivity index (χ1n) is 4.42. The molecule has 0 aromatic heterocycles. The molecular formula is C11H15N. The van der Waals surface area contributed by atoms with Crippen LogP contribution in [0.4, 0.5) is 0 Å². The average Bonchev–Trinajstić information content (AvgIpc) is 2.53. The molecule has 1 aliphatic heterocycles. The van der Waals surface area contributed by atoms with Gasteiger partial charge in [-0.3, -0.25) is 4.90 Å². The van der Waals surface area contributed by atoms with E-state index in [2.05, 4.69) is 56.1 Å². The van der Waals surface area contributed by atoms with Crippen molar-refractivity contribution >= 4 is 0 Å². The van der Waals surface area contributed by atoms with Crippen LogP contribution in [0.5, 0.6) is 0 Å². The Morgan fingerprint density at radius 3 is 2.08 bits per heavy atom. The second-order valence-electron chi connectivity index (χ2n) is 4.08. The molecular weight excluding hydrogens is 146 g/mol. The van der Waals surface area contributed by atoms with Crippen molar-refractivity contribution in [2.24, 2.45) is 0 Å². The molecule has 64 valence electrons. The first-order chi connectivity index (χ1) is 5.64. The van der Waals surface area contributed by atoms with Crippen molar-refractivity contribution in [3.8, 4) is 0 Å². The molecule has 0 radical (unpaired) electrons. The first kappa shape index (κ1) is 7.81. The molecule has 12 heavy (non-hydrogen) atoms. The molecule has 1 fully saturated rings. The summed E-state index contributed by atoms with van der Waals surface area (Å²) in [6.45, 7) is 4.56. The third-order valence-electron chi connectivity index (χ3n) is 3.01. The molecule has 1 aliphatic rings. The van der Waals surface area contributed by atoms with Gasteiger partial charge in [0.1, 0.15) is 0 Å². The number of benzene rings is 1. The van der Waals surface area contributed by atoms with Gasteiger partial charge in [-0.2, -0.15) is 0 Å². The summed E-state index contributed by atoms with van der Waals surface area (Å²) in [7, 11) is 2.18. The summed E-state index contributed by atoms with van der Waals surface area (Å²) >= 11 is 0. The summed E-state index contributed by atoms with van der Waals surface area (Å²) < 4.78 is 0. The van der Waals surface area contributed by atoms with Gasteiger partial charge in [0.2, 0.25) is 0 Å². The third kappa shape index (κ3) is 0.969. The van der Waals surface area contributed by atoms with Gasteiger partial charge < -0.3 is 0 Å². The standard InChI is InChI=1S/C11H15N/c1-11(2)10(12(11)3)9-7-5-4-6-8-9/h4-8,10H,1-3H3/t10-,12?/m1/s1. The Balaban J connectivity index is 2.25. The maximum Gasteiger partial charge on any atom is 0.0529 e. The van der Waals surface area contributed by atoms with Gasteiger partial charge in [0.25, 0.3) is 0 Å². The molecule has 0 bridgehead atoms. The highest BCUT2D eigenvalue weighted by molar-refractivity contribution is 5.29. The fourth-order valence-corrected chi connectivity index (χ4v) is 1.94. The molecule has 0 spiro atoms. The quantitative estimate of drug-likeness (QED) is 0.572. The van der Waals surface area contributed by atoms with Gasteiger partial charge in [0.05, 0.1) is 6.04 Å². The number of hydrogen-bond donors (Lipinski definition) is 0. The van der Waals surface area contributed by atoms with Gasteiger partial charge in [-0.05, 0) is 26.5 Å². The van der Waals surface area contributed by atoms with E-state index in [1.807, 2.05) is 0 Å². The van der Waals surface area contributed by atoms with Crippen LogP contribution < -0.4 is 0 Å². The Bertz CT molecular complexity index is 276. The maximum absolute atomic E-state index is 2.39. The summed E-state index contributed by atoms with van der Waals surface area (Å²) in [5, 5.41) is 0. The van der Waals surface area contributed by atoms with Crippen LogP contribution in [-0.4, -0.2) is 17.5 Å². The van der Waals surface area contributed by atoms with Gasteiger partial charge in [0.15, 0.2) is 0 Å². The second kappa shape index (κ2) is 2.33. The van der Waals surface area contributed by atoms with E-state index in [1.165, 1.54) is 5.56 Å². The fraction of sp³-hybridized carbons (Fsp3) is 0.455. The van der Waals surface area contributed by atoms with Crippen LogP contribution in [-0.2, 0) is 0 Å². The number of nitrogens with zero attached hydrogens (tertiary/aromatic N) is 1. The topological polar surface area (TPSA) is 3.01 Å². The van der Waals surface area contributed by atoms with Crippen molar-refractivity contribution in [3.63, 3.8) is 0 Å². The van der Waals surface area contributed by atoms with Gasteiger partial charge in [-0.1, -0.05) is 30.3 Å². The number of rotatable bonds is 1. The van der Waals surface area contributed by atoms with Crippen molar-refractivity contribution in [1.82, 2.24) is 4.90 Å². The molecule has 2 atom stereocenters. The zero-order valence-corrected chi connectivity index (χ0v) is 7.91. The molecule has 1 nitrogen and oxygen atoms in total. The SMILES string of the molecule is CN1[C@H](c2ccccc2)C1(C)C. The van der Waals surface area contributed by atoms with Crippen LogP contribution >= 0.6 is 0 Å². The minimum Gasteiger partial charge on any atom is -0.290 e. The van der Waals surface area contributed by atoms with Crippen LogP contribution in [0.1, 0.15) is 25.5 Å². The van der Waals surface area contributed by atoms with E-state index in [4.69, 9.17) is 0 Å². The van der Waals surface area contributed by atoms with E-state index >= 15 is 0 Å². The Kier molecular flexibility index (Phi) is 1.52.